The van der Waals surface area contributed by atoms with E-state index < -0.39 is 5.54 Å². The van der Waals surface area contributed by atoms with Crippen molar-refractivity contribution in [2.45, 2.75) is 52.7 Å². The first kappa shape index (κ1) is 25.3. The standard InChI is InChI=1S/C28H34N4O4/c1-18(2)13-14-29-27(35)28(4)17-31-23-12-7-6-11-22(23)24(30-19(3)33)25(31)26(34)32(28)16-20-9-8-10-21(15-20)36-5/h6-12,15,18H,13-14,16-17H2,1-5H3,(H,29,35)(H,30,33)/t28-/m1/s1. The van der Waals surface area contributed by atoms with Crippen LogP contribution in [0.5, 0.6) is 5.75 Å². The van der Waals surface area contributed by atoms with Gasteiger partial charge in [0.15, 0.2) is 0 Å². The second-order valence-electron chi connectivity index (χ2n) is 9.96. The number of fused-ring (bicyclic) bond motifs is 3. The molecule has 1 atom stereocenters. The van der Waals surface area contributed by atoms with Crippen LogP contribution < -0.4 is 15.4 Å². The third-order valence-electron chi connectivity index (χ3n) is 6.75. The van der Waals surface area contributed by atoms with Crippen LogP contribution in [-0.4, -0.2) is 46.4 Å². The molecule has 36 heavy (non-hydrogen) atoms. The van der Waals surface area contributed by atoms with E-state index in [0.717, 1.165) is 22.9 Å². The molecule has 0 bridgehead atoms. The Hall–Kier alpha value is -3.81. The Morgan fingerprint density at radius 2 is 1.89 bits per heavy atom. The second-order valence-corrected chi connectivity index (χ2v) is 9.96. The van der Waals surface area contributed by atoms with Gasteiger partial charge >= 0.3 is 0 Å². The average Bonchev–Trinajstić information content (AvgIpc) is 3.14. The molecule has 1 aliphatic rings. The fourth-order valence-electron chi connectivity index (χ4n) is 4.80. The van der Waals surface area contributed by atoms with Gasteiger partial charge in [0.1, 0.15) is 17.0 Å². The minimum Gasteiger partial charge on any atom is -0.497 e. The van der Waals surface area contributed by atoms with Crippen molar-refractivity contribution in [3.8, 4) is 5.75 Å². The van der Waals surface area contributed by atoms with E-state index in [-0.39, 0.29) is 30.8 Å². The maximum Gasteiger partial charge on any atom is 0.273 e. The lowest BCUT2D eigenvalue weighted by Crippen LogP contribution is -2.63. The molecule has 0 saturated heterocycles. The molecule has 3 aromatic rings. The van der Waals surface area contributed by atoms with Gasteiger partial charge in [0.2, 0.25) is 11.8 Å². The van der Waals surface area contributed by atoms with E-state index in [4.69, 9.17) is 4.74 Å². The van der Waals surface area contributed by atoms with Crippen LogP contribution in [0.2, 0.25) is 0 Å². The highest BCUT2D eigenvalue weighted by atomic mass is 16.5. The third-order valence-corrected chi connectivity index (χ3v) is 6.75. The molecule has 190 valence electrons. The Morgan fingerprint density at radius 1 is 1.14 bits per heavy atom. The molecular weight excluding hydrogens is 456 g/mol. The zero-order chi connectivity index (χ0) is 26.0. The molecule has 4 rings (SSSR count). The van der Waals surface area contributed by atoms with Gasteiger partial charge in [-0.05, 0) is 43.0 Å². The predicted molar refractivity (Wildman–Crippen MR) is 140 cm³/mol. The molecule has 1 aliphatic heterocycles. The molecule has 0 radical (unpaired) electrons. The van der Waals surface area contributed by atoms with Gasteiger partial charge in [0, 0.05) is 25.4 Å². The number of carbonyl (C=O) groups excluding carboxylic acids is 3. The number of benzene rings is 2. The van der Waals surface area contributed by atoms with Gasteiger partial charge in [-0.25, -0.2) is 0 Å². The van der Waals surface area contributed by atoms with Crippen LogP contribution in [0.25, 0.3) is 10.9 Å². The summed E-state index contributed by atoms with van der Waals surface area (Å²) in [5.41, 5.74) is 1.34. The number of amides is 3. The molecule has 0 unspecified atom stereocenters. The second kappa shape index (κ2) is 10.0. The number of hydrogen-bond donors (Lipinski definition) is 2. The molecule has 0 spiro atoms. The molecule has 8 nitrogen and oxygen atoms in total. The molecule has 1 aromatic heterocycles. The first-order valence-electron chi connectivity index (χ1n) is 12.3. The monoisotopic (exact) mass is 490 g/mol. The van der Waals surface area contributed by atoms with E-state index in [1.165, 1.54) is 6.92 Å². The Bertz CT molecular complexity index is 1310. The molecule has 8 heteroatoms. The van der Waals surface area contributed by atoms with Crippen molar-refractivity contribution in [3.05, 3.63) is 59.8 Å². The summed E-state index contributed by atoms with van der Waals surface area (Å²) in [6, 6.07) is 15.0. The number of carbonyl (C=O) groups is 3. The molecule has 3 amide bonds. The van der Waals surface area contributed by atoms with Gasteiger partial charge in [-0.2, -0.15) is 0 Å². The highest BCUT2D eigenvalue weighted by Gasteiger charge is 2.48. The minimum atomic E-state index is -1.15. The molecule has 2 N–H and O–H groups in total. The van der Waals surface area contributed by atoms with Crippen molar-refractivity contribution in [1.82, 2.24) is 14.8 Å². The first-order valence-corrected chi connectivity index (χ1v) is 12.3. The van der Waals surface area contributed by atoms with Gasteiger partial charge in [0.05, 0.1) is 24.9 Å². The highest BCUT2D eigenvalue weighted by Crippen LogP contribution is 2.39. The molecule has 2 heterocycles. The summed E-state index contributed by atoms with van der Waals surface area (Å²) in [4.78, 5) is 41.6. The van der Waals surface area contributed by atoms with Crippen LogP contribution in [0.3, 0.4) is 0 Å². The van der Waals surface area contributed by atoms with Crippen molar-refractivity contribution >= 4 is 34.3 Å². The van der Waals surface area contributed by atoms with Crippen LogP contribution in [0.15, 0.2) is 48.5 Å². The van der Waals surface area contributed by atoms with Gasteiger partial charge in [-0.15, -0.1) is 0 Å². The number of nitrogens with one attached hydrogen (secondary N) is 2. The lowest BCUT2D eigenvalue weighted by molar-refractivity contribution is -0.133. The predicted octanol–water partition coefficient (Wildman–Crippen LogP) is 4.19. The van der Waals surface area contributed by atoms with Crippen LogP contribution in [-0.2, 0) is 22.7 Å². The quantitative estimate of drug-likeness (QED) is 0.495. The lowest BCUT2D eigenvalue weighted by Gasteiger charge is -2.44. The smallest absolute Gasteiger partial charge is 0.273 e. The molecule has 0 fully saturated rings. The number of para-hydroxylation sites is 1. The number of aromatic nitrogens is 1. The minimum absolute atomic E-state index is 0.205. The topological polar surface area (TPSA) is 92.7 Å². The van der Waals surface area contributed by atoms with E-state index >= 15 is 0 Å². The average molecular weight is 491 g/mol. The fraction of sp³-hybridized carbons (Fsp3) is 0.393. The molecule has 0 aliphatic carbocycles. The van der Waals surface area contributed by atoms with E-state index in [9.17, 15) is 14.4 Å². The Balaban J connectivity index is 1.84. The Morgan fingerprint density at radius 3 is 2.58 bits per heavy atom. The zero-order valence-corrected chi connectivity index (χ0v) is 21.6. The first-order chi connectivity index (χ1) is 17.2. The lowest BCUT2D eigenvalue weighted by atomic mass is 9.93. The zero-order valence-electron chi connectivity index (χ0n) is 21.6. The normalized spacial score (nSPS) is 17.3. The van der Waals surface area contributed by atoms with Crippen molar-refractivity contribution < 1.29 is 19.1 Å². The molecule has 2 aromatic carbocycles. The summed E-state index contributed by atoms with van der Waals surface area (Å²) in [5, 5.41) is 6.69. The van der Waals surface area contributed by atoms with E-state index in [0.29, 0.717) is 29.6 Å². The van der Waals surface area contributed by atoms with Gasteiger partial charge in [0.25, 0.3) is 5.91 Å². The molecular formula is C28H34N4O4. The van der Waals surface area contributed by atoms with Crippen LogP contribution in [0, 0.1) is 5.92 Å². The molecule has 0 saturated carbocycles. The highest BCUT2D eigenvalue weighted by molar-refractivity contribution is 6.14. The number of methoxy groups -OCH3 is 1. The number of nitrogens with zero attached hydrogens (tertiary/aromatic N) is 2. The SMILES string of the molecule is COc1cccc(CN2C(=O)c3c(NC(C)=O)c4ccccc4n3C[C@]2(C)C(=O)NCCC(C)C)c1. The number of anilines is 1. The summed E-state index contributed by atoms with van der Waals surface area (Å²) in [5.74, 6) is 0.336. The summed E-state index contributed by atoms with van der Waals surface area (Å²) in [7, 11) is 1.59. The Kier molecular flexibility index (Phi) is 7.06. The van der Waals surface area contributed by atoms with Gasteiger partial charge < -0.3 is 24.8 Å². The summed E-state index contributed by atoms with van der Waals surface area (Å²) >= 11 is 0. The van der Waals surface area contributed by atoms with Crippen LogP contribution >= 0.6 is 0 Å². The maximum atomic E-state index is 14.2. The van der Waals surface area contributed by atoms with E-state index in [1.807, 2.05) is 60.0 Å². The third kappa shape index (κ3) is 4.67. The number of rotatable bonds is 8. The van der Waals surface area contributed by atoms with Crippen molar-refractivity contribution in [3.63, 3.8) is 0 Å². The van der Waals surface area contributed by atoms with Crippen LogP contribution in [0.1, 0.15) is 50.2 Å². The van der Waals surface area contributed by atoms with Gasteiger partial charge in [-0.3, -0.25) is 14.4 Å². The van der Waals surface area contributed by atoms with Crippen LogP contribution in [0.4, 0.5) is 5.69 Å². The van der Waals surface area contributed by atoms with Crippen molar-refractivity contribution in [2.24, 2.45) is 5.92 Å². The summed E-state index contributed by atoms with van der Waals surface area (Å²) < 4.78 is 7.24. The number of hydrogen-bond acceptors (Lipinski definition) is 4. The number of ether oxygens (including phenoxy) is 1. The largest absolute Gasteiger partial charge is 0.497 e. The van der Waals surface area contributed by atoms with Crippen molar-refractivity contribution in [1.29, 1.82) is 0 Å². The fourth-order valence-corrected chi connectivity index (χ4v) is 4.80. The summed E-state index contributed by atoms with van der Waals surface area (Å²) in [6.45, 7) is 8.45. The van der Waals surface area contributed by atoms with Crippen molar-refractivity contribution in [2.75, 3.05) is 19.0 Å². The van der Waals surface area contributed by atoms with E-state index in [2.05, 4.69) is 24.5 Å². The van der Waals surface area contributed by atoms with E-state index in [1.54, 1.807) is 12.0 Å². The van der Waals surface area contributed by atoms with Gasteiger partial charge in [-0.1, -0.05) is 44.2 Å². The Labute approximate surface area is 211 Å². The summed E-state index contributed by atoms with van der Waals surface area (Å²) in [6.07, 6.45) is 0.843. The maximum absolute atomic E-state index is 14.2.